The Morgan fingerprint density at radius 2 is 1.36 bits per heavy atom. The Morgan fingerprint density at radius 1 is 0.929 bits per heavy atom. The van der Waals surface area contributed by atoms with Crippen molar-refractivity contribution in [2.75, 3.05) is 0 Å². The van der Waals surface area contributed by atoms with Crippen LogP contribution in [0.1, 0.15) is 29.4 Å². The highest BCUT2D eigenvalue weighted by atomic mass is 16.3. The number of hydrogen-bond acceptors (Lipinski definition) is 4. The Labute approximate surface area is 79.6 Å². The van der Waals surface area contributed by atoms with Gasteiger partial charge in [-0.2, -0.15) is 0 Å². The Morgan fingerprint density at radius 3 is 1.79 bits per heavy atom. The van der Waals surface area contributed by atoms with Crippen LogP contribution in [-0.2, 0) is 0 Å². The van der Waals surface area contributed by atoms with E-state index >= 15 is 0 Å². The van der Waals surface area contributed by atoms with Crippen molar-refractivity contribution < 1.29 is 20.4 Å². The van der Waals surface area contributed by atoms with Gasteiger partial charge in [0.25, 0.3) is 0 Å². The van der Waals surface area contributed by atoms with E-state index in [9.17, 15) is 20.4 Å². The van der Waals surface area contributed by atoms with Crippen molar-refractivity contribution in [2.24, 2.45) is 0 Å². The van der Waals surface area contributed by atoms with Crippen LogP contribution in [0.25, 0.3) is 0 Å². The summed E-state index contributed by atoms with van der Waals surface area (Å²) in [4.78, 5) is 2.41. The van der Waals surface area contributed by atoms with E-state index in [1.165, 1.54) is 0 Å². The van der Waals surface area contributed by atoms with Crippen LogP contribution in [0.2, 0.25) is 0 Å². The number of nitrogens with one attached hydrogen (secondary N) is 1. The first-order valence-corrected chi connectivity index (χ1v) is 4.61. The fourth-order valence-electron chi connectivity index (χ4n) is 2.86. The summed E-state index contributed by atoms with van der Waals surface area (Å²) in [6, 6.07) is 0. The Bertz CT molecular complexity index is 365. The van der Waals surface area contributed by atoms with E-state index in [0.717, 1.165) is 0 Å². The Balaban J connectivity index is 2.21. The summed E-state index contributed by atoms with van der Waals surface area (Å²) in [5.74, 6) is -0.670. The van der Waals surface area contributed by atoms with Crippen LogP contribution in [0.5, 0.6) is 11.8 Å². The van der Waals surface area contributed by atoms with Crippen molar-refractivity contribution in [1.82, 2.24) is 4.98 Å². The van der Waals surface area contributed by atoms with E-state index < -0.39 is 12.2 Å². The quantitative estimate of drug-likeness (QED) is 0.395. The summed E-state index contributed by atoms with van der Waals surface area (Å²) < 4.78 is 0. The summed E-state index contributed by atoms with van der Waals surface area (Å²) in [6.07, 6.45) is -1.05. The summed E-state index contributed by atoms with van der Waals surface area (Å²) in [5.41, 5.74) is 1.15. The van der Waals surface area contributed by atoms with Crippen LogP contribution in [-0.4, -0.2) is 37.6 Å². The monoisotopic (exact) mass is 197 g/mol. The van der Waals surface area contributed by atoms with Crippen LogP contribution < -0.4 is 0 Å². The number of aromatic hydroxyl groups is 2. The van der Waals surface area contributed by atoms with Gasteiger partial charge in [0.05, 0.1) is 12.2 Å². The summed E-state index contributed by atoms with van der Waals surface area (Å²) in [5, 5.41) is 38.2. The highest BCUT2D eigenvalue weighted by Crippen LogP contribution is 2.58. The minimum absolute atomic E-state index is 0.0871. The summed E-state index contributed by atoms with van der Waals surface area (Å²) >= 11 is 0. The molecule has 0 spiro atoms. The molecule has 5 nitrogen and oxygen atoms in total. The lowest BCUT2D eigenvalue weighted by Crippen LogP contribution is -2.30. The molecule has 2 aliphatic carbocycles. The molecule has 1 heterocycles. The van der Waals surface area contributed by atoms with Gasteiger partial charge in [-0.3, -0.25) is 4.98 Å². The molecule has 1 saturated carbocycles. The minimum atomic E-state index is -0.825. The van der Waals surface area contributed by atoms with Gasteiger partial charge in [-0.05, 0) is 6.42 Å². The van der Waals surface area contributed by atoms with Gasteiger partial charge in [0, 0.05) is 23.0 Å². The lowest BCUT2D eigenvalue weighted by molar-refractivity contribution is 0.0211. The maximum atomic E-state index is 9.61. The van der Waals surface area contributed by atoms with E-state index in [1.54, 1.807) is 0 Å². The van der Waals surface area contributed by atoms with Crippen LogP contribution in [0, 0.1) is 0 Å². The van der Waals surface area contributed by atoms with Gasteiger partial charge in [0.1, 0.15) is 0 Å². The lowest BCUT2D eigenvalue weighted by atomic mass is 9.90. The largest absolute Gasteiger partial charge is 0.494 e. The minimum Gasteiger partial charge on any atom is -0.494 e. The number of aromatic nitrogens is 1. The van der Waals surface area contributed by atoms with Crippen LogP contribution in [0.3, 0.4) is 0 Å². The SMILES string of the molecule is Oc1[nH]c(O)c2c1C1CC2[C@H](O)[C@@H]1O. The third kappa shape index (κ3) is 0.689. The number of hydrogen-bond donors (Lipinski definition) is 5. The fraction of sp³-hybridized carbons (Fsp3) is 0.556. The molecule has 2 aliphatic rings. The molecule has 2 bridgehead atoms. The molecule has 2 unspecified atom stereocenters. The van der Waals surface area contributed by atoms with Crippen molar-refractivity contribution in [3.63, 3.8) is 0 Å². The zero-order chi connectivity index (χ0) is 10.0. The molecule has 0 amide bonds. The zero-order valence-corrected chi connectivity index (χ0v) is 7.31. The van der Waals surface area contributed by atoms with E-state index in [4.69, 9.17) is 0 Å². The second kappa shape index (κ2) is 2.24. The zero-order valence-electron chi connectivity index (χ0n) is 7.31. The van der Waals surface area contributed by atoms with Crippen molar-refractivity contribution in [3.8, 4) is 11.8 Å². The van der Waals surface area contributed by atoms with Gasteiger partial charge >= 0.3 is 0 Å². The molecule has 5 heteroatoms. The third-order valence-electron chi connectivity index (χ3n) is 3.46. The van der Waals surface area contributed by atoms with Crippen LogP contribution in [0.15, 0.2) is 0 Å². The first kappa shape index (κ1) is 8.14. The first-order chi connectivity index (χ1) is 6.61. The molecule has 0 aromatic carbocycles. The molecule has 1 aromatic rings. The Kier molecular flexibility index (Phi) is 1.30. The molecule has 1 fully saturated rings. The third-order valence-corrected chi connectivity index (χ3v) is 3.46. The van der Waals surface area contributed by atoms with Gasteiger partial charge in [-0.1, -0.05) is 0 Å². The van der Waals surface area contributed by atoms with Crippen molar-refractivity contribution in [1.29, 1.82) is 0 Å². The number of aliphatic hydroxyl groups is 2. The number of aromatic amines is 1. The maximum absolute atomic E-state index is 9.61. The van der Waals surface area contributed by atoms with Crippen molar-refractivity contribution in [3.05, 3.63) is 11.1 Å². The number of fused-ring (bicyclic) bond motifs is 5. The molecule has 4 atom stereocenters. The lowest BCUT2D eigenvalue weighted by Gasteiger charge is -2.22. The topological polar surface area (TPSA) is 96.7 Å². The van der Waals surface area contributed by atoms with E-state index in [-0.39, 0.29) is 23.6 Å². The molecule has 0 saturated heterocycles. The van der Waals surface area contributed by atoms with Crippen LogP contribution >= 0.6 is 0 Å². The van der Waals surface area contributed by atoms with Crippen molar-refractivity contribution in [2.45, 2.75) is 30.5 Å². The average Bonchev–Trinajstić information content (AvgIpc) is 2.71. The molecule has 3 rings (SSSR count). The first-order valence-electron chi connectivity index (χ1n) is 4.61. The van der Waals surface area contributed by atoms with Gasteiger partial charge in [0.2, 0.25) is 0 Å². The fourth-order valence-corrected chi connectivity index (χ4v) is 2.86. The molecule has 1 aromatic heterocycles. The highest BCUT2D eigenvalue weighted by Gasteiger charge is 2.53. The van der Waals surface area contributed by atoms with E-state index in [0.29, 0.717) is 17.5 Å². The van der Waals surface area contributed by atoms with E-state index in [1.807, 2.05) is 0 Å². The molecule has 14 heavy (non-hydrogen) atoms. The molecule has 5 N–H and O–H groups in total. The van der Waals surface area contributed by atoms with Crippen LogP contribution in [0.4, 0.5) is 0 Å². The molecule has 76 valence electrons. The van der Waals surface area contributed by atoms with Gasteiger partial charge in [-0.15, -0.1) is 0 Å². The van der Waals surface area contributed by atoms with Gasteiger partial charge in [-0.25, -0.2) is 0 Å². The highest BCUT2D eigenvalue weighted by molar-refractivity contribution is 5.55. The van der Waals surface area contributed by atoms with Crippen molar-refractivity contribution >= 4 is 0 Å². The van der Waals surface area contributed by atoms with Gasteiger partial charge < -0.3 is 20.4 Å². The second-order valence-electron chi connectivity index (χ2n) is 4.08. The predicted molar refractivity (Wildman–Crippen MR) is 46.2 cm³/mol. The standard InChI is InChI=1S/C9H11NO4/c11-6-2-1-3(7(6)12)5-4(2)8(13)10-9(5)14/h2-3,6-7,10-14H,1H2/t2?,3?,6-,7+. The maximum Gasteiger partial charge on any atom is 0.195 e. The molecular formula is C9H11NO4. The predicted octanol–water partition coefficient (Wildman–Crippen LogP) is -0.268. The average molecular weight is 197 g/mol. The number of rotatable bonds is 0. The Hall–Kier alpha value is -1.20. The molecular weight excluding hydrogens is 186 g/mol. The summed E-state index contributed by atoms with van der Waals surface area (Å²) in [6.45, 7) is 0. The number of H-pyrrole nitrogens is 1. The second-order valence-corrected chi connectivity index (χ2v) is 4.08. The summed E-state index contributed by atoms with van der Waals surface area (Å²) in [7, 11) is 0. The number of aliphatic hydroxyl groups excluding tert-OH is 2. The molecule has 0 radical (unpaired) electrons. The normalized spacial score (nSPS) is 39.0. The van der Waals surface area contributed by atoms with E-state index in [2.05, 4.69) is 4.98 Å². The molecule has 0 aliphatic heterocycles. The van der Waals surface area contributed by atoms with Gasteiger partial charge in [0.15, 0.2) is 11.8 Å². The smallest absolute Gasteiger partial charge is 0.195 e.